The number of nitrogens with one attached hydrogen (secondary N) is 1. The molecule has 0 saturated heterocycles. The molecule has 0 fully saturated rings. The van der Waals surface area contributed by atoms with Gasteiger partial charge in [0.15, 0.2) is 5.84 Å². The summed E-state index contributed by atoms with van der Waals surface area (Å²) in [5.74, 6) is 1.69. The molecule has 1 amide bonds. The molecule has 8 nitrogen and oxygen atoms in total. The Morgan fingerprint density at radius 2 is 1.69 bits per heavy atom. The Bertz CT molecular complexity index is 1290. The smallest absolute Gasteiger partial charge is 0.283 e. The molecule has 0 aliphatic carbocycles. The third-order valence-electron chi connectivity index (χ3n) is 5.94. The first-order valence-corrected chi connectivity index (χ1v) is 14.3. The van der Waals surface area contributed by atoms with Gasteiger partial charge in [-0.2, -0.15) is 15.1 Å². The van der Waals surface area contributed by atoms with Gasteiger partial charge in [0, 0.05) is 16.5 Å². The summed E-state index contributed by atoms with van der Waals surface area (Å²) in [6.07, 6.45) is 6.25. The molecule has 1 N–H and O–H groups in total. The van der Waals surface area contributed by atoms with Crippen molar-refractivity contribution in [1.29, 1.82) is 5.41 Å². The van der Waals surface area contributed by atoms with Gasteiger partial charge < -0.3 is 14.2 Å². The molecule has 2 aliphatic rings. The van der Waals surface area contributed by atoms with Crippen LogP contribution in [0.5, 0.6) is 17.2 Å². The zero-order chi connectivity index (χ0) is 27.8. The number of amides is 1. The molecule has 0 saturated carbocycles. The van der Waals surface area contributed by atoms with E-state index in [1.165, 1.54) is 36.0 Å². The molecule has 2 aromatic carbocycles. The lowest BCUT2D eigenvalue weighted by molar-refractivity contribution is -0.114. The molecular weight excluding hydrogens is 536 g/mol. The molecule has 2 aliphatic heterocycles. The number of halogens is 1. The van der Waals surface area contributed by atoms with Crippen LogP contribution in [0.2, 0.25) is 5.02 Å². The maximum Gasteiger partial charge on any atom is 0.283 e. The summed E-state index contributed by atoms with van der Waals surface area (Å²) in [5, 5.41) is 16.1. The highest BCUT2D eigenvalue weighted by molar-refractivity contribution is 8.27. The van der Waals surface area contributed by atoms with Crippen molar-refractivity contribution in [2.45, 2.75) is 46.5 Å². The average Bonchev–Trinajstić information content (AvgIpc) is 3.35. The van der Waals surface area contributed by atoms with Crippen molar-refractivity contribution in [1.82, 2.24) is 5.01 Å². The van der Waals surface area contributed by atoms with Gasteiger partial charge >= 0.3 is 0 Å². The molecule has 0 spiro atoms. The Hall–Kier alpha value is -3.30. The molecule has 4 rings (SSSR count). The van der Waals surface area contributed by atoms with E-state index in [1.54, 1.807) is 24.3 Å². The predicted molar refractivity (Wildman–Crippen MR) is 158 cm³/mol. The third kappa shape index (κ3) is 7.64. The minimum atomic E-state index is -0.499. The van der Waals surface area contributed by atoms with E-state index < -0.39 is 5.91 Å². The average molecular weight is 569 g/mol. The highest BCUT2D eigenvalue weighted by Gasteiger charge is 2.36. The lowest BCUT2D eigenvalue weighted by Gasteiger charge is -2.20. The van der Waals surface area contributed by atoms with Gasteiger partial charge in [0.25, 0.3) is 5.91 Å². The number of fused-ring (bicyclic) bond motifs is 1. The van der Waals surface area contributed by atoms with Crippen LogP contribution in [0.3, 0.4) is 0 Å². The number of carbonyl (C=O) groups excluding carboxylic acids is 1. The fourth-order valence-electron chi connectivity index (χ4n) is 3.82. The lowest BCUT2D eigenvalue weighted by Crippen LogP contribution is -2.35. The van der Waals surface area contributed by atoms with Crippen molar-refractivity contribution < 1.29 is 19.0 Å². The standard InChI is InChI=1S/C29H33ClN4O4S/c1-4-5-6-7-14-36-22-9-11-23(12-10-22)37-15-16-38-25-13-8-21(30)17-20(25)18-24-26(31)34-29(32-27(24)35)39-28(33-34)19(2)3/h8-13,17-19,31H,4-7,14-16H2,1-3H3/b24-18+,31-26?. The van der Waals surface area contributed by atoms with E-state index in [4.69, 9.17) is 31.2 Å². The molecule has 39 heavy (non-hydrogen) atoms. The second-order valence-electron chi connectivity index (χ2n) is 9.37. The number of nitrogens with zero attached hydrogens (tertiary/aromatic N) is 3. The monoisotopic (exact) mass is 568 g/mol. The first-order valence-electron chi connectivity index (χ1n) is 13.1. The van der Waals surface area contributed by atoms with E-state index in [0.717, 1.165) is 29.6 Å². The van der Waals surface area contributed by atoms with Gasteiger partial charge in [-0.15, -0.1) is 0 Å². The Labute approximate surface area is 238 Å². The van der Waals surface area contributed by atoms with E-state index in [2.05, 4.69) is 17.0 Å². The predicted octanol–water partition coefficient (Wildman–Crippen LogP) is 7.03. The van der Waals surface area contributed by atoms with Gasteiger partial charge in [0.05, 0.1) is 12.2 Å². The number of hydrazone groups is 1. The van der Waals surface area contributed by atoms with Crippen LogP contribution in [0.15, 0.2) is 58.1 Å². The molecule has 206 valence electrons. The Morgan fingerprint density at radius 1 is 1.00 bits per heavy atom. The third-order valence-corrected chi connectivity index (χ3v) is 7.38. The SMILES string of the molecule is CCCCCCOc1ccc(OCCOc2ccc(Cl)cc2/C=C2\C(=N)N3N=C(C(C)C)SC3=NC2=O)cc1. The van der Waals surface area contributed by atoms with Crippen LogP contribution in [-0.2, 0) is 4.79 Å². The maximum absolute atomic E-state index is 12.8. The van der Waals surface area contributed by atoms with E-state index in [1.807, 2.05) is 38.1 Å². The van der Waals surface area contributed by atoms with Crippen LogP contribution in [-0.4, -0.2) is 46.8 Å². The van der Waals surface area contributed by atoms with Crippen molar-refractivity contribution >= 4 is 51.4 Å². The number of rotatable bonds is 13. The largest absolute Gasteiger partial charge is 0.494 e. The lowest BCUT2D eigenvalue weighted by atomic mass is 10.1. The van der Waals surface area contributed by atoms with Crippen molar-refractivity contribution in [3.8, 4) is 17.2 Å². The van der Waals surface area contributed by atoms with Gasteiger partial charge in [0.1, 0.15) is 35.5 Å². The minimum absolute atomic E-state index is 0.0317. The van der Waals surface area contributed by atoms with Crippen LogP contribution in [0.1, 0.15) is 52.0 Å². The Morgan fingerprint density at radius 3 is 2.38 bits per heavy atom. The fraction of sp³-hybridized carbons (Fsp3) is 0.379. The Balaban J connectivity index is 1.35. The van der Waals surface area contributed by atoms with Crippen molar-refractivity contribution in [2.24, 2.45) is 16.0 Å². The van der Waals surface area contributed by atoms with Gasteiger partial charge in [0.2, 0.25) is 5.17 Å². The quantitative estimate of drug-likeness (QED) is 0.206. The van der Waals surface area contributed by atoms with Crippen LogP contribution in [0.4, 0.5) is 0 Å². The molecule has 10 heteroatoms. The first kappa shape index (κ1) is 28.7. The number of ether oxygens (including phenoxy) is 3. The number of unbranched alkanes of at least 4 members (excludes halogenated alkanes) is 3. The van der Waals surface area contributed by atoms with Gasteiger partial charge in [-0.25, -0.2) is 0 Å². The molecular formula is C29H33ClN4O4S. The maximum atomic E-state index is 12.8. The molecule has 0 unspecified atom stereocenters. The highest BCUT2D eigenvalue weighted by atomic mass is 35.5. The van der Waals surface area contributed by atoms with Gasteiger partial charge in [-0.05, 0) is 66.7 Å². The molecule has 0 aromatic heterocycles. The summed E-state index contributed by atoms with van der Waals surface area (Å²) in [7, 11) is 0. The van der Waals surface area contributed by atoms with Crippen molar-refractivity contribution in [2.75, 3.05) is 19.8 Å². The zero-order valence-electron chi connectivity index (χ0n) is 22.4. The van der Waals surface area contributed by atoms with Crippen LogP contribution < -0.4 is 14.2 Å². The molecule has 0 atom stereocenters. The van der Waals surface area contributed by atoms with Gasteiger partial charge in [-0.3, -0.25) is 10.2 Å². The number of thioether (sulfide) groups is 1. The van der Waals surface area contributed by atoms with Gasteiger partial charge in [-0.1, -0.05) is 51.6 Å². The number of hydrogen-bond donors (Lipinski definition) is 1. The topological polar surface area (TPSA) is 96.6 Å². The minimum Gasteiger partial charge on any atom is -0.494 e. The number of hydrogen-bond acceptors (Lipinski definition) is 7. The number of amidine groups is 2. The Kier molecular flexibility index (Phi) is 10.1. The van der Waals surface area contributed by atoms with Crippen molar-refractivity contribution in [3.63, 3.8) is 0 Å². The van der Waals surface area contributed by atoms with E-state index in [0.29, 0.717) is 28.1 Å². The van der Waals surface area contributed by atoms with Crippen LogP contribution in [0.25, 0.3) is 6.08 Å². The second-order valence-corrected chi connectivity index (χ2v) is 10.8. The van der Waals surface area contributed by atoms with E-state index in [-0.39, 0.29) is 23.9 Å². The summed E-state index contributed by atoms with van der Waals surface area (Å²) in [6, 6.07) is 12.7. The van der Waals surface area contributed by atoms with E-state index in [9.17, 15) is 4.79 Å². The summed E-state index contributed by atoms with van der Waals surface area (Å²) in [4.78, 5) is 16.9. The van der Waals surface area contributed by atoms with Crippen LogP contribution >= 0.6 is 23.4 Å². The van der Waals surface area contributed by atoms with Crippen LogP contribution in [0, 0.1) is 11.3 Å². The molecule has 0 bridgehead atoms. The molecule has 0 radical (unpaired) electrons. The normalized spacial score (nSPS) is 15.9. The summed E-state index contributed by atoms with van der Waals surface area (Å²) in [6.45, 7) is 7.51. The summed E-state index contributed by atoms with van der Waals surface area (Å²) < 4.78 is 17.5. The number of aliphatic imine (C=N–C) groups is 1. The molecule has 2 heterocycles. The number of benzene rings is 2. The second kappa shape index (κ2) is 13.7. The van der Waals surface area contributed by atoms with E-state index >= 15 is 0 Å². The first-order chi connectivity index (χ1) is 18.9. The highest BCUT2D eigenvalue weighted by Crippen LogP contribution is 2.32. The summed E-state index contributed by atoms with van der Waals surface area (Å²) >= 11 is 7.55. The van der Waals surface area contributed by atoms with Crippen molar-refractivity contribution in [3.05, 3.63) is 58.6 Å². The number of carbonyl (C=O) groups is 1. The zero-order valence-corrected chi connectivity index (χ0v) is 24.0. The fourth-order valence-corrected chi connectivity index (χ4v) is 4.89. The molecule has 2 aromatic rings. The summed E-state index contributed by atoms with van der Waals surface area (Å²) in [5.41, 5.74) is 0.679.